The number of H-pyrrole nitrogens is 1. The van der Waals surface area contributed by atoms with Gasteiger partial charge < -0.3 is 10.7 Å². The van der Waals surface area contributed by atoms with Crippen LogP contribution in [-0.4, -0.2) is 26.2 Å². The maximum atomic E-state index is 12.2. The van der Waals surface area contributed by atoms with Gasteiger partial charge in [-0.3, -0.25) is 4.79 Å². The molecule has 0 atom stereocenters. The van der Waals surface area contributed by atoms with Gasteiger partial charge >= 0.3 is 5.91 Å². The van der Waals surface area contributed by atoms with Crippen LogP contribution in [0.15, 0.2) is 63.4 Å². The normalized spacial score (nSPS) is 11.9. The van der Waals surface area contributed by atoms with E-state index in [1.165, 1.54) is 0 Å². The van der Waals surface area contributed by atoms with E-state index in [1.807, 2.05) is 48.5 Å². The molecule has 0 unspecified atom stereocenters. The highest BCUT2D eigenvalue weighted by atomic mass is 16.6. The smallest absolute Gasteiger partial charge is 0.321 e. The Bertz CT molecular complexity index is 1320. The highest BCUT2D eigenvalue weighted by Crippen LogP contribution is 2.43. The Morgan fingerprint density at radius 3 is 2.63 bits per heavy atom. The van der Waals surface area contributed by atoms with Crippen molar-refractivity contribution < 1.29 is 9.42 Å². The zero-order valence-electron chi connectivity index (χ0n) is 13.7. The lowest BCUT2D eigenvalue weighted by Gasteiger charge is -2.04. The van der Waals surface area contributed by atoms with E-state index in [1.54, 1.807) is 0 Å². The highest BCUT2D eigenvalue weighted by Gasteiger charge is 2.21. The van der Waals surface area contributed by atoms with E-state index in [0.29, 0.717) is 11.4 Å². The molecule has 1 amide bonds. The number of fused-ring (bicyclic) bond motifs is 4. The van der Waals surface area contributed by atoms with Gasteiger partial charge in [-0.15, -0.1) is 10.2 Å². The van der Waals surface area contributed by atoms with Gasteiger partial charge in [-0.05, 0) is 22.4 Å². The van der Waals surface area contributed by atoms with E-state index in [-0.39, 0.29) is 11.5 Å². The van der Waals surface area contributed by atoms with E-state index in [2.05, 4.69) is 30.2 Å². The lowest BCUT2D eigenvalue weighted by molar-refractivity contribution is 0.0986. The quantitative estimate of drug-likeness (QED) is 0.462. The molecule has 9 nitrogen and oxygen atoms in total. The van der Waals surface area contributed by atoms with E-state index in [4.69, 9.17) is 10.7 Å². The van der Waals surface area contributed by atoms with Crippen LogP contribution in [0.1, 0.15) is 10.5 Å². The van der Waals surface area contributed by atoms with Crippen molar-refractivity contribution >= 4 is 39.2 Å². The summed E-state index contributed by atoms with van der Waals surface area (Å²) in [7, 11) is 0. The third kappa shape index (κ3) is 2.33. The van der Waals surface area contributed by atoms with Gasteiger partial charge in [0.05, 0.1) is 22.4 Å². The van der Waals surface area contributed by atoms with Gasteiger partial charge in [-0.1, -0.05) is 36.4 Å². The first-order valence-corrected chi connectivity index (χ1v) is 8.05. The van der Waals surface area contributed by atoms with E-state index in [9.17, 15) is 4.79 Å². The number of carbonyl (C=O) groups is 1. The first-order valence-electron chi connectivity index (χ1n) is 8.05. The fraction of sp³-hybridized carbons (Fsp3) is 0. The van der Waals surface area contributed by atoms with Crippen LogP contribution in [0, 0.1) is 0 Å². The van der Waals surface area contributed by atoms with Gasteiger partial charge in [0.2, 0.25) is 11.5 Å². The number of benzene rings is 2. The fourth-order valence-corrected chi connectivity index (χ4v) is 3.03. The molecule has 2 heterocycles. The molecule has 0 bridgehead atoms. The summed E-state index contributed by atoms with van der Waals surface area (Å²) in [4.78, 5) is 20.3. The number of hydrogen-bond donors (Lipinski definition) is 2. The van der Waals surface area contributed by atoms with Crippen molar-refractivity contribution in [1.29, 1.82) is 0 Å². The minimum absolute atomic E-state index is 0.129. The number of para-hydroxylation sites is 2. The number of hydrogen-bond acceptors (Lipinski definition) is 7. The standard InChI is InChI=1S/C18H11N7O2/c19-17-16(24-27-25-17)18(26)23-22-14-10-6-2-1-5-9(10)13-15(14)21-12-8-4-3-7-11(12)20-13/h1-8,21H,(H2,19,25). The van der Waals surface area contributed by atoms with Gasteiger partial charge in [0.15, 0.2) is 0 Å². The molecule has 9 heteroatoms. The van der Waals surface area contributed by atoms with E-state index >= 15 is 0 Å². The summed E-state index contributed by atoms with van der Waals surface area (Å²) in [6.45, 7) is 0. The molecule has 1 aromatic heterocycles. The number of azo groups is 1. The molecule has 0 saturated carbocycles. The lowest BCUT2D eigenvalue weighted by Crippen LogP contribution is -1.99. The summed E-state index contributed by atoms with van der Waals surface area (Å²) >= 11 is 0. The van der Waals surface area contributed by atoms with Gasteiger partial charge in [-0.2, -0.15) is 0 Å². The Morgan fingerprint density at radius 1 is 1.04 bits per heavy atom. The first kappa shape index (κ1) is 15.1. The monoisotopic (exact) mass is 357 g/mol. The lowest BCUT2D eigenvalue weighted by atomic mass is 10.2. The molecule has 2 aromatic carbocycles. The second-order valence-corrected chi connectivity index (χ2v) is 5.87. The number of nitrogen functional groups attached to an aromatic ring is 1. The van der Waals surface area contributed by atoms with Crippen molar-refractivity contribution in [2.24, 2.45) is 10.2 Å². The van der Waals surface area contributed by atoms with Crippen molar-refractivity contribution in [3.63, 3.8) is 0 Å². The summed E-state index contributed by atoms with van der Waals surface area (Å²) in [6.07, 6.45) is 0. The van der Waals surface area contributed by atoms with Crippen LogP contribution >= 0.6 is 0 Å². The fourth-order valence-electron chi connectivity index (χ4n) is 3.03. The van der Waals surface area contributed by atoms with Gasteiger partial charge in [-0.25, -0.2) is 9.61 Å². The molecule has 130 valence electrons. The molecular weight excluding hydrogens is 346 g/mol. The van der Waals surface area contributed by atoms with E-state index in [0.717, 1.165) is 27.5 Å². The molecular formula is C18H11N7O2. The summed E-state index contributed by atoms with van der Waals surface area (Å²) < 4.78 is 4.43. The summed E-state index contributed by atoms with van der Waals surface area (Å²) in [6, 6.07) is 15.4. The molecule has 3 aromatic rings. The third-order valence-corrected chi connectivity index (χ3v) is 4.26. The minimum atomic E-state index is -0.735. The number of amides is 1. The molecule has 1 aliphatic heterocycles. The number of aromatic amines is 1. The number of nitrogens with zero attached hydrogens (tertiary/aromatic N) is 5. The Morgan fingerprint density at radius 2 is 1.81 bits per heavy atom. The number of nitrogens with two attached hydrogens (primary N) is 1. The van der Waals surface area contributed by atoms with Crippen LogP contribution in [0.5, 0.6) is 0 Å². The van der Waals surface area contributed by atoms with Crippen LogP contribution in [-0.2, 0) is 0 Å². The Kier molecular flexibility index (Phi) is 3.20. The molecule has 5 rings (SSSR count). The Labute approximate surface area is 151 Å². The van der Waals surface area contributed by atoms with Crippen LogP contribution in [0.2, 0.25) is 0 Å². The summed E-state index contributed by atoms with van der Waals surface area (Å²) in [5, 5.41) is 16.5. The van der Waals surface area contributed by atoms with Crippen molar-refractivity contribution in [2.45, 2.75) is 0 Å². The Hall–Kier alpha value is -4.14. The topological polar surface area (TPSA) is 135 Å². The maximum Gasteiger partial charge on any atom is 0.321 e. The number of aromatic nitrogens is 4. The van der Waals surface area contributed by atoms with Crippen LogP contribution < -0.4 is 5.73 Å². The zero-order chi connectivity index (χ0) is 18.4. The molecule has 0 radical (unpaired) electrons. The molecule has 3 N–H and O–H groups in total. The van der Waals surface area contributed by atoms with Gasteiger partial charge in [0.1, 0.15) is 5.69 Å². The minimum Gasteiger partial charge on any atom is -0.379 e. The second-order valence-electron chi connectivity index (χ2n) is 5.87. The zero-order valence-corrected chi connectivity index (χ0v) is 13.7. The second kappa shape index (κ2) is 5.70. The van der Waals surface area contributed by atoms with Crippen LogP contribution in [0.25, 0.3) is 33.2 Å². The van der Waals surface area contributed by atoms with Crippen molar-refractivity contribution in [1.82, 2.24) is 20.3 Å². The van der Waals surface area contributed by atoms with Crippen molar-refractivity contribution in [3.05, 3.63) is 54.2 Å². The third-order valence-electron chi connectivity index (χ3n) is 4.26. The van der Waals surface area contributed by atoms with Crippen LogP contribution in [0.4, 0.5) is 11.5 Å². The number of carbonyl (C=O) groups excluding carboxylic acids is 1. The van der Waals surface area contributed by atoms with Crippen molar-refractivity contribution in [2.75, 3.05) is 5.73 Å². The van der Waals surface area contributed by atoms with Crippen LogP contribution in [0.3, 0.4) is 0 Å². The van der Waals surface area contributed by atoms with E-state index < -0.39 is 5.91 Å². The predicted molar refractivity (Wildman–Crippen MR) is 97.8 cm³/mol. The summed E-state index contributed by atoms with van der Waals surface area (Å²) in [5.74, 6) is -0.865. The first-order chi connectivity index (χ1) is 13.2. The molecule has 2 aliphatic rings. The Balaban J connectivity index is 1.72. The highest BCUT2D eigenvalue weighted by molar-refractivity contribution is 6.11. The maximum absolute atomic E-state index is 12.2. The number of anilines is 1. The molecule has 0 fully saturated rings. The summed E-state index contributed by atoms with van der Waals surface area (Å²) in [5.41, 5.74) is 9.01. The largest absolute Gasteiger partial charge is 0.379 e. The molecule has 0 spiro atoms. The molecule has 0 saturated heterocycles. The average Bonchev–Trinajstić information content (AvgIpc) is 3.26. The average molecular weight is 357 g/mol. The molecule has 1 aliphatic carbocycles. The molecule has 27 heavy (non-hydrogen) atoms. The van der Waals surface area contributed by atoms with Crippen molar-refractivity contribution in [3.8, 4) is 11.4 Å². The van der Waals surface area contributed by atoms with Gasteiger partial charge in [0.25, 0.3) is 0 Å². The SMILES string of the molecule is Nc1nonc1C(=O)N=Nc1c2[nH]c3ccccc3nc-2c2ccccc12. The number of nitrogens with one attached hydrogen (secondary N) is 1. The number of rotatable bonds is 2. The van der Waals surface area contributed by atoms with Gasteiger partial charge in [0, 0.05) is 10.8 Å². The predicted octanol–water partition coefficient (Wildman–Crippen LogP) is 3.71.